The SMILES string of the molecule is Cc1ccc(C)c(-n2c(C)nnc2SCC(=O)N2CCN(C(=O)CN3C(=O)CCC3=O)CC2)c1. The highest BCUT2D eigenvalue weighted by atomic mass is 32.2. The van der Waals surface area contributed by atoms with Crippen LogP contribution in [0.3, 0.4) is 0 Å². The minimum absolute atomic E-state index is 0.0323. The number of thioether (sulfide) groups is 1. The zero-order chi connectivity index (χ0) is 24.4. The fourth-order valence-corrected chi connectivity index (χ4v) is 5.02. The zero-order valence-corrected chi connectivity index (χ0v) is 20.4. The van der Waals surface area contributed by atoms with Crippen molar-refractivity contribution in [1.82, 2.24) is 29.5 Å². The zero-order valence-electron chi connectivity index (χ0n) is 19.6. The molecule has 2 aliphatic rings. The van der Waals surface area contributed by atoms with E-state index in [1.165, 1.54) is 11.8 Å². The quantitative estimate of drug-likeness (QED) is 0.446. The minimum Gasteiger partial charge on any atom is -0.338 e. The standard InChI is InChI=1S/C23H28N6O4S/c1-15-4-5-16(2)18(12-15)29-17(3)24-25-23(29)34-14-22(33)27-10-8-26(9-11-27)21(32)13-28-19(30)6-7-20(28)31/h4-5,12H,6-11,13-14H2,1-3H3. The van der Waals surface area contributed by atoms with Gasteiger partial charge in [-0.25, -0.2) is 0 Å². The van der Waals surface area contributed by atoms with Gasteiger partial charge in [-0.05, 0) is 38.0 Å². The van der Waals surface area contributed by atoms with Gasteiger partial charge in [0.2, 0.25) is 23.6 Å². The number of piperazine rings is 1. The molecular weight excluding hydrogens is 456 g/mol. The van der Waals surface area contributed by atoms with E-state index in [1.807, 2.05) is 25.3 Å². The largest absolute Gasteiger partial charge is 0.338 e. The van der Waals surface area contributed by atoms with Crippen LogP contribution in [0.1, 0.15) is 29.8 Å². The Balaban J connectivity index is 1.32. The number of benzene rings is 1. The van der Waals surface area contributed by atoms with Crippen molar-refractivity contribution >= 4 is 35.4 Å². The first-order valence-corrected chi connectivity index (χ1v) is 12.2. The molecule has 2 saturated heterocycles. The molecule has 2 aromatic rings. The number of hydrogen-bond acceptors (Lipinski definition) is 7. The molecule has 180 valence electrons. The second-order valence-electron chi connectivity index (χ2n) is 8.58. The van der Waals surface area contributed by atoms with Gasteiger partial charge in [0, 0.05) is 39.0 Å². The predicted molar refractivity (Wildman–Crippen MR) is 125 cm³/mol. The molecule has 0 N–H and O–H groups in total. The van der Waals surface area contributed by atoms with Gasteiger partial charge in [0.15, 0.2) is 5.16 Å². The number of amides is 4. The van der Waals surface area contributed by atoms with Gasteiger partial charge in [0.1, 0.15) is 12.4 Å². The first kappa shape index (κ1) is 23.9. The molecule has 0 unspecified atom stereocenters. The molecule has 3 heterocycles. The summed E-state index contributed by atoms with van der Waals surface area (Å²) >= 11 is 1.34. The van der Waals surface area contributed by atoms with Gasteiger partial charge in [-0.3, -0.25) is 28.6 Å². The van der Waals surface area contributed by atoms with Crippen molar-refractivity contribution < 1.29 is 19.2 Å². The van der Waals surface area contributed by atoms with E-state index >= 15 is 0 Å². The first-order chi connectivity index (χ1) is 16.2. The molecule has 1 aromatic carbocycles. The summed E-state index contributed by atoms with van der Waals surface area (Å²) in [5, 5.41) is 9.14. The van der Waals surface area contributed by atoms with Crippen LogP contribution in [-0.2, 0) is 19.2 Å². The lowest BCUT2D eigenvalue weighted by atomic mass is 10.1. The van der Waals surface area contributed by atoms with Crippen LogP contribution in [0.25, 0.3) is 5.69 Å². The summed E-state index contributed by atoms with van der Waals surface area (Å²) in [6.45, 7) is 7.32. The number of rotatable bonds is 6. The van der Waals surface area contributed by atoms with Crippen molar-refractivity contribution in [1.29, 1.82) is 0 Å². The van der Waals surface area contributed by atoms with E-state index < -0.39 is 0 Å². The highest BCUT2D eigenvalue weighted by Crippen LogP contribution is 2.25. The van der Waals surface area contributed by atoms with E-state index in [0.29, 0.717) is 31.3 Å². The summed E-state index contributed by atoms with van der Waals surface area (Å²) < 4.78 is 1.97. The lowest BCUT2D eigenvalue weighted by molar-refractivity contribution is -0.146. The number of imide groups is 1. The topological polar surface area (TPSA) is 109 Å². The fourth-order valence-electron chi connectivity index (χ4n) is 4.13. The summed E-state index contributed by atoms with van der Waals surface area (Å²) in [5.74, 6) is 0.0811. The van der Waals surface area contributed by atoms with Gasteiger partial charge >= 0.3 is 0 Å². The van der Waals surface area contributed by atoms with E-state index in [0.717, 1.165) is 27.5 Å². The third-order valence-corrected chi connectivity index (χ3v) is 7.07. The molecule has 2 aliphatic heterocycles. The highest BCUT2D eigenvalue weighted by molar-refractivity contribution is 7.99. The molecule has 10 nitrogen and oxygen atoms in total. The average Bonchev–Trinajstić information content (AvgIpc) is 3.35. The Morgan fingerprint density at radius 2 is 1.53 bits per heavy atom. The van der Waals surface area contributed by atoms with E-state index in [2.05, 4.69) is 28.4 Å². The van der Waals surface area contributed by atoms with Gasteiger partial charge in [-0.1, -0.05) is 23.9 Å². The van der Waals surface area contributed by atoms with Gasteiger partial charge < -0.3 is 9.80 Å². The Morgan fingerprint density at radius 1 is 0.912 bits per heavy atom. The molecule has 34 heavy (non-hydrogen) atoms. The summed E-state index contributed by atoms with van der Waals surface area (Å²) in [4.78, 5) is 53.2. The number of aromatic nitrogens is 3. The van der Waals surface area contributed by atoms with Crippen molar-refractivity contribution in [3.63, 3.8) is 0 Å². The van der Waals surface area contributed by atoms with Crippen LogP contribution in [0.2, 0.25) is 0 Å². The Hall–Kier alpha value is -3.21. The number of aryl methyl sites for hydroxylation is 3. The summed E-state index contributed by atoms with van der Waals surface area (Å²) in [6, 6.07) is 6.19. The lowest BCUT2D eigenvalue weighted by Crippen LogP contribution is -2.53. The molecule has 1 aromatic heterocycles. The molecule has 0 aliphatic carbocycles. The number of hydrogen-bond donors (Lipinski definition) is 0. The highest BCUT2D eigenvalue weighted by Gasteiger charge is 2.33. The second-order valence-corrected chi connectivity index (χ2v) is 9.52. The monoisotopic (exact) mass is 484 g/mol. The van der Waals surface area contributed by atoms with Gasteiger partial charge in [-0.15, -0.1) is 10.2 Å². The van der Waals surface area contributed by atoms with Crippen LogP contribution >= 0.6 is 11.8 Å². The van der Waals surface area contributed by atoms with Crippen LogP contribution in [0, 0.1) is 20.8 Å². The molecule has 0 radical (unpaired) electrons. The number of nitrogens with zero attached hydrogens (tertiary/aromatic N) is 6. The summed E-state index contributed by atoms with van der Waals surface area (Å²) in [6.07, 6.45) is 0.339. The van der Waals surface area contributed by atoms with Crippen molar-refractivity contribution in [2.75, 3.05) is 38.5 Å². The lowest BCUT2D eigenvalue weighted by Gasteiger charge is -2.35. The smallest absolute Gasteiger partial charge is 0.242 e. The molecule has 0 spiro atoms. The van der Waals surface area contributed by atoms with Gasteiger partial charge in [-0.2, -0.15) is 0 Å². The van der Waals surface area contributed by atoms with Crippen LogP contribution in [0.5, 0.6) is 0 Å². The maximum absolute atomic E-state index is 12.8. The van der Waals surface area contributed by atoms with E-state index in [1.54, 1.807) is 9.80 Å². The predicted octanol–water partition coefficient (Wildman–Crippen LogP) is 1.10. The van der Waals surface area contributed by atoms with Crippen molar-refractivity contribution in [2.24, 2.45) is 0 Å². The first-order valence-electron chi connectivity index (χ1n) is 11.3. The maximum Gasteiger partial charge on any atom is 0.242 e. The molecule has 0 bridgehead atoms. The van der Waals surface area contributed by atoms with Crippen molar-refractivity contribution in [2.45, 2.75) is 38.8 Å². The molecule has 11 heteroatoms. The summed E-state index contributed by atoms with van der Waals surface area (Å²) in [7, 11) is 0. The molecule has 0 atom stereocenters. The Bertz CT molecular complexity index is 1120. The average molecular weight is 485 g/mol. The molecule has 0 saturated carbocycles. The fraction of sp³-hybridized carbons (Fsp3) is 0.478. The Morgan fingerprint density at radius 3 is 2.18 bits per heavy atom. The Labute approximate surface area is 202 Å². The second kappa shape index (κ2) is 9.96. The number of carbonyl (C=O) groups excluding carboxylic acids is 4. The number of likely N-dealkylation sites (tertiary alicyclic amines) is 1. The number of carbonyl (C=O) groups is 4. The van der Waals surface area contributed by atoms with Crippen LogP contribution in [0.15, 0.2) is 23.4 Å². The third-order valence-electron chi connectivity index (χ3n) is 6.16. The molecular formula is C23H28N6O4S. The van der Waals surface area contributed by atoms with Gasteiger partial charge in [0.05, 0.1) is 11.4 Å². The van der Waals surface area contributed by atoms with Crippen molar-refractivity contribution in [3.05, 3.63) is 35.2 Å². The Kier molecular flexibility index (Phi) is 7.01. The van der Waals surface area contributed by atoms with Crippen LogP contribution in [-0.4, -0.2) is 91.6 Å². The molecule has 4 amide bonds. The third kappa shape index (κ3) is 4.98. The normalized spacial score (nSPS) is 16.5. The van der Waals surface area contributed by atoms with E-state index in [-0.39, 0.29) is 48.8 Å². The van der Waals surface area contributed by atoms with Crippen molar-refractivity contribution in [3.8, 4) is 5.69 Å². The molecule has 2 fully saturated rings. The molecule has 4 rings (SSSR count). The van der Waals surface area contributed by atoms with E-state index in [9.17, 15) is 19.2 Å². The van der Waals surface area contributed by atoms with Crippen LogP contribution < -0.4 is 0 Å². The minimum atomic E-state index is -0.298. The van der Waals surface area contributed by atoms with Gasteiger partial charge in [0.25, 0.3) is 0 Å². The summed E-state index contributed by atoms with van der Waals surface area (Å²) in [5.41, 5.74) is 3.23. The van der Waals surface area contributed by atoms with E-state index in [4.69, 9.17) is 0 Å². The van der Waals surface area contributed by atoms with Crippen LogP contribution in [0.4, 0.5) is 0 Å². The maximum atomic E-state index is 12.8.